The van der Waals surface area contributed by atoms with Crippen molar-refractivity contribution in [3.63, 3.8) is 0 Å². The summed E-state index contributed by atoms with van der Waals surface area (Å²) in [5, 5.41) is 2.73. The molecule has 0 saturated heterocycles. The normalized spacial score (nSPS) is 13.8. The summed E-state index contributed by atoms with van der Waals surface area (Å²) in [5.41, 5.74) is -2.01. The third-order valence-corrected chi connectivity index (χ3v) is 2.39. The van der Waals surface area contributed by atoms with E-state index in [-0.39, 0.29) is 13.0 Å². The molecule has 146 valence electrons. The number of nitrogens with one attached hydrogen (secondary N) is 1. The minimum Gasteiger partial charge on any atom is -0.460 e. The van der Waals surface area contributed by atoms with Crippen molar-refractivity contribution in [1.29, 1.82) is 0 Å². The molecule has 0 bridgehead atoms. The molecule has 0 aromatic heterocycles. The maximum Gasteiger partial charge on any atom is 0.324 e. The monoisotopic (exact) mass is 359 g/mol. The second kappa shape index (κ2) is 8.65. The van der Waals surface area contributed by atoms with Gasteiger partial charge in [-0.1, -0.05) is 0 Å². The zero-order chi connectivity index (χ0) is 20.1. The lowest BCUT2D eigenvalue weighted by Gasteiger charge is -2.26. The number of hydrogen-bond acceptors (Lipinski definition) is 7. The maximum atomic E-state index is 12.3. The van der Waals surface area contributed by atoms with Gasteiger partial charge >= 0.3 is 17.9 Å². The van der Waals surface area contributed by atoms with E-state index in [9.17, 15) is 14.4 Å². The Kier molecular flexibility index (Phi) is 8.08. The van der Waals surface area contributed by atoms with Gasteiger partial charge in [0, 0.05) is 0 Å². The average molecular weight is 359 g/mol. The Morgan fingerprint density at radius 1 is 0.720 bits per heavy atom. The molecule has 1 atom stereocenters. The van der Waals surface area contributed by atoms with Gasteiger partial charge in [0.25, 0.3) is 0 Å². The van der Waals surface area contributed by atoms with Crippen LogP contribution in [0.1, 0.15) is 68.7 Å². The average Bonchev–Trinajstić information content (AvgIpc) is 2.27. The van der Waals surface area contributed by atoms with Crippen molar-refractivity contribution in [3.8, 4) is 0 Å². The van der Waals surface area contributed by atoms with E-state index in [1.807, 2.05) is 0 Å². The van der Waals surface area contributed by atoms with Gasteiger partial charge in [-0.25, -0.2) is 0 Å². The van der Waals surface area contributed by atoms with E-state index >= 15 is 0 Å². The van der Waals surface area contributed by atoms with E-state index in [0.29, 0.717) is 0 Å². The van der Waals surface area contributed by atoms with Crippen molar-refractivity contribution >= 4 is 17.9 Å². The van der Waals surface area contributed by atoms with Crippen LogP contribution in [0.3, 0.4) is 0 Å². The van der Waals surface area contributed by atoms with E-state index in [1.165, 1.54) is 0 Å². The first-order valence-corrected chi connectivity index (χ1v) is 8.38. The first-order chi connectivity index (χ1) is 11.0. The zero-order valence-electron chi connectivity index (χ0n) is 16.9. The number of hydrogen-bond donors (Lipinski definition) is 1. The summed E-state index contributed by atoms with van der Waals surface area (Å²) in [5.74, 6) is -1.70. The second-order valence-corrected chi connectivity index (χ2v) is 8.84. The lowest BCUT2D eigenvalue weighted by molar-refractivity contribution is -0.165. The summed E-state index contributed by atoms with van der Waals surface area (Å²) < 4.78 is 15.7. The van der Waals surface area contributed by atoms with Crippen LogP contribution in [-0.2, 0) is 28.6 Å². The molecule has 1 N–H and O–H groups in total. The number of carbonyl (C=O) groups is 3. The summed E-state index contributed by atoms with van der Waals surface area (Å²) in [4.78, 5) is 36.2. The number of carbonyl (C=O) groups excluding carboxylic acids is 3. The number of ether oxygens (including phenoxy) is 3. The molecule has 0 saturated carbocycles. The Labute approximate surface area is 150 Å². The smallest absolute Gasteiger partial charge is 0.324 e. The quantitative estimate of drug-likeness (QED) is 0.575. The molecule has 0 radical (unpaired) electrons. The Morgan fingerprint density at radius 3 is 1.52 bits per heavy atom. The molecule has 0 aliphatic rings. The summed E-state index contributed by atoms with van der Waals surface area (Å²) >= 11 is 0. The molecular weight excluding hydrogens is 326 g/mol. The zero-order valence-corrected chi connectivity index (χ0v) is 16.9. The lowest BCUT2D eigenvalue weighted by Crippen LogP contribution is -2.46. The fraction of sp³-hybridized carbons (Fsp3) is 0.833. The topological polar surface area (TPSA) is 90.9 Å². The van der Waals surface area contributed by atoms with Gasteiger partial charge in [0.15, 0.2) is 0 Å². The first-order valence-electron chi connectivity index (χ1n) is 8.38. The molecule has 0 aliphatic heterocycles. The molecule has 0 rings (SSSR count). The standard InChI is InChI=1S/C18H33NO6/c1-16(2,3)23-13(20)10-12(15(22)25-18(7,8)9)19-11-14(21)24-17(4,5)6/h12,19H,10-11H2,1-9H3/t12-/m0/s1. The van der Waals surface area contributed by atoms with Crippen LogP contribution in [0.25, 0.3) is 0 Å². The first kappa shape index (κ1) is 23.4. The Balaban J connectivity index is 4.93. The van der Waals surface area contributed by atoms with Crippen LogP contribution >= 0.6 is 0 Å². The largest absolute Gasteiger partial charge is 0.460 e. The molecule has 0 aliphatic carbocycles. The fourth-order valence-corrected chi connectivity index (χ4v) is 1.75. The van der Waals surface area contributed by atoms with Gasteiger partial charge < -0.3 is 14.2 Å². The van der Waals surface area contributed by atoms with Gasteiger partial charge in [-0.05, 0) is 62.3 Å². The van der Waals surface area contributed by atoms with Gasteiger partial charge in [0.1, 0.15) is 22.8 Å². The summed E-state index contributed by atoms with van der Waals surface area (Å²) in [7, 11) is 0. The van der Waals surface area contributed by atoms with Gasteiger partial charge in [-0.2, -0.15) is 0 Å². The van der Waals surface area contributed by atoms with Crippen molar-refractivity contribution in [2.45, 2.75) is 91.6 Å². The SMILES string of the molecule is CC(C)(C)OC(=O)CN[C@@H](CC(=O)OC(C)(C)C)C(=O)OC(C)(C)C. The summed E-state index contributed by atoms with van der Waals surface area (Å²) in [6, 6.07) is -0.999. The lowest BCUT2D eigenvalue weighted by atomic mass is 10.1. The highest BCUT2D eigenvalue weighted by molar-refractivity contribution is 5.84. The third-order valence-electron chi connectivity index (χ3n) is 2.39. The summed E-state index contributed by atoms with van der Waals surface area (Å²) in [6.45, 7) is 15.4. The van der Waals surface area contributed by atoms with Crippen LogP contribution in [0.5, 0.6) is 0 Å². The van der Waals surface area contributed by atoms with Gasteiger partial charge in [-0.3, -0.25) is 19.7 Å². The van der Waals surface area contributed by atoms with Crippen LogP contribution in [0.4, 0.5) is 0 Å². The molecule has 0 spiro atoms. The minimum atomic E-state index is -0.999. The van der Waals surface area contributed by atoms with E-state index in [4.69, 9.17) is 14.2 Å². The highest BCUT2D eigenvalue weighted by Crippen LogP contribution is 2.13. The molecule has 0 aromatic rings. The minimum absolute atomic E-state index is 0.218. The van der Waals surface area contributed by atoms with Crippen LogP contribution in [0.15, 0.2) is 0 Å². The van der Waals surface area contributed by atoms with Crippen LogP contribution < -0.4 is 5.32 Å². The molecule has 0 heterocycles. The van der Waals surface area contributed by atoms with Crippen LogP contribution in [-0.4, -0.2) is 47.3 Å². The molecule has 7 nitrogen and oxygen atoms in total. The predicted molar refractivity (Wildman–Crippen MR) is 93.9 cm³/mol. The van der Waals surface area contributed by atoms with Crippen molar-refractivity contribution in [1.82, 2.24) is 5.32 Å². The maximum absolute atomic E-state index is 12.3. The van der Waals surface area contributed by atoms with Gasteiger partial charge in [-0.15, -0.1) is 0 Å². The van der Waals surface area contributed by atoms with Crippen molar-refractivity contribution in [2.24, 2.45) is 0 Å². The Hall–Kier alpha value is -1.63. The van der Waals surface area contributed by atoms with Crippen molar-refractivity contribution in [2.75, 3.05) is 6.54 Å². The molecule has 25 heavy (non-hydrogen) atoms. The van der Waals surface area contributed by atoms with Gasteiger partial charge in [0.05, 0.1) is 13.0 Å². The van der Waals surface area contributed by atoms with Crippen molar-refractivity contribution in [3.05, 3.63) is 0 Å². The molecular formula is C18H33NO6. The number of esters is 3. The highest BCUT2D eigenvalue weighted by Gasteiger charge is 2.30. The molecule has 0 fully saturated rings. The van der Waals surface area contributed by atoms with Crippen LogP contribution in [0.2, 0.25) is 0 Å². The second-order valence-electron chi connectivity index (χ2n) is 8.84. The molecule has 0 unspecified atom stereocenters. The number of rotatable bonds is 6. The fourth-order valence-electron chi connectivity index (χ4n) is 1.75. The van der Waals surface area contributed by atoms with E-state index in [1.54, 1.807) is 62.3 Å². The van der Waals surface area contributed by atoms with Crippen molar-refractivity contribution < 1.29 is 28.6 Å². The summed E-state index contributed by atoms with van der Waals surface area (Å²) in [6.07, 6.45) is -0.241. The third kappa shape index (κ3) is 13.3. The Bertz CT molecular complexity index is 479. The Morgan fingerprint density at radius 2 is 1.12 bits per heavy atom. The molecule has 0 aromatic carbocycles. The highest BCUT2D eigenvalue weighted by atomic mass is 16.6. The predicted octanol–water partition coefficient (Wildman–Crippen LogP) is 2.36. The molecule has 7 heteroatoms. The van der Waals surface area contributed by atoms with Crippen LogP contribution in [0, 0.1) is 0 Å². The van der Waals surface area contributed by atoms with E-state index < -0.39 is 40.8 Å². The van der Waals surface area contributed by atoms with E-state index in [0.717, 1.165) is 0 Å². The van der Waals surface area contributed by atoms with Gasteiger partial charge in [0.2, 0.25) is 0 Å². The molecule has 0 amide bonds. The van der Waals surface area contributed by atoms with E-state index in [2.05, 4.69) is 5.32 Å².